The lowest BCUT2D eigenvalue weighted by atomic mass is 10.1. The number of piperidine rings is 1. The number of alkyl halides is 1. The molecule has 1 aromatic carbocycles. The number of benzene rings is 1. The zero-order valence-corrected chi connectivity index (χ0v) is 11.8. The molecule has 0 N–H and O–H groups in total. The van der Waals surface area contributed by atoms with Crippen molar-refractivity contribution in [2.75, 3.05) is 13.1 Å². The first-order chi connectivity index (χ1) is 7.25. The average molecular weight is 333 g/mol. The van der Waals surface area contributed by atoms with E-state index in [-0.39, 0.29) is 0 Å². The minimum absolute atomic E-state index is 0.675. The summed E-state index contributed by atoms with van der Waals surface area (Å²) >= 11 is 7.31. The van der Waals surface area contributed by atoms with Crippen LogP contribution in [-0.2, 0) is 6.54 Å². The summed E-state index contributed by atoms with van der Waals surface area (Å²) in [5.74, 6) is 0. The average Bonchev–Trinajstić information content (AvgIpc) is 2.22. The lowest BCUT2D eigenvalue weighted by Gasteiger charge is -2.30. The molecule has 0 spiro atoms. The van der Waals surface area contributed by atoms with E-state index in [1.807, 2.05) is 0 Å². The van der Waals surface area contributed by atoms with Gasteiger partial charge in [-0.1, -0.05) is 50.1 Å². The summed E-state index contributed by atoms with van der Waals surface area (Å²) < 4.78 is 1.22. The van der Waals surface area contributed by atoms with Crippen molar-refractivity contribution >= 4 is 31.9 Å². The van der Waals surface area contributed by atoms with Gasteiger partial charge in [0.25, 0.3) is 0 Å². The number of likely N-dealkylation sites (tertiary alicyclic amines) is 1. The van der Waals surface area contributed by atoms with E-state index < -0.39 is 0 Å². The largest absolute Gasteiger partial charge is 0.298 e. The summed E-state index contributed by atoms with van der Waals surface area (Å²) in [5.41, 5.74) is 1.39. The van der Waals surface area contributed by atoms with E-state index >= 15 is 0 Å². The zero-order chi connectivity index (χ0) is 10.7. The molecule has 0 aromatic heterocycles. The second-order valence-corrected chi connectivity index (χ2v) is 6.22. The van der Waals surface area contributed by atoms with Crippen LogP contribution in [-0.4, -0.2) is 22.8 Å². The van der Waals surface area contributed by atoms with Gasteiger partial charge in [0, 0.05) is 22.4 Å². The van der Waals surface area contributed by atoms with Gasteiger partial charge in [0.15, 0.2) is 0 Å². The third kappa shape index (κ3) is 3.30. The molecule has 1 aromatic rings. The molecule has 1 saturated heterocycles. The number of hydrogen-bond acceptors (Lipinski definition) is 1. The summed E-state index contributed by atoms with van der Waals surface area (Å²) in [6.07, 6.45) is 2.62. The fourth-order valence-electron chi connectivity index (χ4n) is 2.01. The molecule has 82 valence electrons. The highest BCUT2D eigenvalue weighted by Crippen LogP contribution is 2.22. The number of hydrogen-bond donors (Lipinski definition) is 0. The molecule has 0 radical (unpaired) electrons. The number of rotatable bonds is 2. The first kappa shape index (κ1) is 11.6. The van der Waals surface area contributed by atoms with Crippen LogP contribution in [0.5, 0.6) is 0 Å². The summed E-state index contributed by atoms with van der Waals surface area (Å²) in [5, 5.41) is 0. The molecule has 0 bridgehead atoms. The van der Waals surface area contributed by atoms with Crippen LogP contribution in [0.25, 0.3) is 0 Å². The van der Waals surface area contributed by atoms with E-state index in [1.54, 1.807) is 0 Å². The van der Waals surface area contributed by atoms with Gasteiger partial charge in [-0.15, -0.1) is 0 Å². The molecule has 2 rings (SSSR count). The van der Waals surface area contributed by atoms with Crippen LogP contribution in [0.2, 0.25) is 0 Å². The predicted octanol–water partition coefficient (Wildman–Crippen LogP) is 3.81. The van der Waals surface area contributed by atoms with Crippen molar-refractivity contribution in [2.24, 2.45) is 0 Å². The van der Waals surface area contributed by atoms with Crippen molar-refractivity contribution < 1.29 is 0 Å². The van der Waals surface area contributed by atoms with E-state index in [0.717, 1.165) is 6.54 Å². The second kappa shape index (κ2) is 5.46. The summed E-state index contributed by atoms with van der Waals surface area (Å²) in [6.45, 7) is 3.45. The normalized spacial score (nSPS) is 22.9. The molecule has 1 atom stereocenters. The van der Waals surface area contributed by atoms with Crippen molar-refractivity contribution in [3.05, 3.63) is 34.3 Å². The van der Waals surface area contributed by atoms with E-state index in [2.05, 4.69) is 61.0 Å². The Bertz CT molecular complexity index is 327. The van der Waals surface area contributed by atoms with Crippen molar-refractivity contribution in [3.63, 3.8) is 0 Å². The van der Waals surface area contributed by atoms with Gasteiger partial charge in [0.05, 0.1) is 0 Å². The Morgan fingerprint density at radius 1 is 1.33 bits per heavy atom. The van der Waals surface area contributed by atoms with Crippen molar-refractivity contribution in [2.45, 2.75) is 24.2 Å². The van der Waals surface area contributed by atoms with Crippen LogP contribution < -0.4 is 0 Å². The molecule has 0 aliphatic carbocycles. The minimum atomic E-state index is 0.675. The van der Waals surface area contributed by atoms with Gasteiger partial charge < -0.3 is 0 Å². The van der Waals surface area contributed by atoms with E-state index in [1.165, 1.54) is 36.0 Å². The molecule has 3 heteroatoms. The Hall–Kier alpha value is 0.140. The first-order valence-electron chi connectivity index (χ1n) is 5.35. The van der Waals surface area contributed by atoms with Gasteiger partial charge in [0.1, 0.15) is 0 Å². The quantitative estimate of drug-likeness (QED) is 0.744. The van der Waals surface area contributed by atoms with Crippen molar-refractivity contribution in [1.82, 2.24) is 4.90 Å². The Morgan fingerprint density at radius 3 is 2.87 bits per heavy atom. The van der Waals surface area contributed by atoms with Crippen LogP contribution in [0.4, 0.5) is 0 Å². The van der Waals surface area contributed by atoms with Gasteiger partial charge >= 0.3 is 0 Å². The molecular formula is C12H15Br2N. The molecule has 1 nitrogen and oxygen atoms in total. The molecule has 1 fully saturated rings. The highest BCUT2D eigenvalue weighted by atomic mass is 79.9. The molecule has 15 heavy (non-hydrogen) atoms. The fraction of sp³-hybridized carbons (Fsp3) is 0.500. The monoisotopic (exact) mass is 331 g/mol. The molecule has 1 heterocycles. The topological polar surface area (TPSA) is 3.24 Å². The Balaban J connectivity index is 1.99. The lowest BCUT2D eigenvalue weighted by Crippen LogP contribution is -2.35. The fourth-order valence-corrected chi connectivity index (χ4v) is 3.15. The standard InChI is InChI=1S/C12H15Br2N/c13-11-5-3-7-15(9-11)8-10-4-1-2-6-12(10)14/h1-2,4,6,11H,3,5,7-9H2. The number of halogens is 2. The Kier molecular flexibility index (Phi) is 4.23. The van der Waals surface area contributed by atoms with Crippen molar-refractivity contribution in [3.8, 4) is 0 Å². The molecule has 0 amide bonds. The highest BCUT2D eigenvalue weighted by molar-refractivity contribution is 9.10. The molecule has 0 saturated carbocycles. The maximum atomic E-state index is 3.71. The SMILES string of the molecule is Brc1ccccc1CN1CCCC(Br)C1. The molecular weight excluding hydrogens is 318 g/mol. The summed E-state index contributed by atoms with van der Waals surface area (Å²) in [6, 6.07) is 8.49. The van der Waals surface area contributed by atoms with Gasteiger partial charge in [0.2, 0.25) is 0 Å². The van der Waals surface area contributed by atoms with E-state index in [0.29, 0.717) is 4.83 Å². The van der Waals surface area contributed by atoms with E-state index in [4.69, 9.17) is 0 Å². The van der Waals surface area contributed by atoms with Gasteiger partial charge in [-0.2, -0.15) is 0 Å². The van der Waals surface area contributed by atoms with Gasteiger partial charge in [-0.25, -0.2) is 0 Å². The maximum absolute atomic E-state index is 3.71. The molecule has 1 unspecified atom stereocenters. The van der Waals surface area contributed by atoms with E-state index in [9.17, 15) is 0 Å². The summed E-state index contributed by atoms with van der Waals surface area (Å²) in [7, 11) is 0. The third-order valence-corrected chi connectivity index (χ3v) is 4.32. The molecule has 1 aliphatic heterocycles. The minimum Gasteiger partial charge on any atom is -0.298 e. The zero-order valence-electron chi connectivity index (χ0n) is 8.63. The van der Waals surface area contributed by atoms with Crippen molar-refractivity contribution in [1.29, 1.82) is 0 Å². The van der Waals surface area contributed by atoms with Crippen LogP contribution in [0, 0.1) is 0 Å². The maximum Gasteiger partial charge on any atom is 0.0273 e. The van der Waals surface area contributed by atoms with Gasteiger partial charge in [-0.3, -0.25) is 4.90 Å². The van der Waals surface area contributed by atoms with Crippen LogP contribution in [0.3, 0.4) is 0 Å². The molecule has 1 aliphatic rings. The van der Waals surface area contributed by atoms with Gasteiger partial charge in [-0.05, 0) is 31.0 Å². The number of nitrogens with zero attached hydrogens (tertiary/aromatic N) is 1. The Labute approximate surface area is 108 Å². The van der Waals surface area contributed by atoms with Crippen LogP contribution in [0.15, 0.2) is 28.7 Å². The third-order valence-electron chi connectivity index (χ3n) is 2.80. The first-order valence-corrected chi connectivity index (χ1v) is 7.06. The lowest BCUT2D eigenvalue weighted by molar-refractivity contribution is 0.227. The van der Waals surface area contributed by atoms with Crippen LogP contribution >= 0.6 is 31.9 Å². The smallest absolute Gasteiger partial charge is 0.0273 e. The summed E-state index contributed by atoms with van der Waals surface area (Å²) in [4.78, 5) is 3.19. The predicted molar refractivity (Wildman–Crippen MR) is 71.4 cm³/mol. The Morgan fingerprint density at radius 2 is 2.13 bits per heavy atom. The highest BCUT2D eigenvalue weighted by Gasteiger charge is 2.17. The second-order valence-electron chi connectivity index (χ2n) is 4.07. The van der Waals surface area contributed by atoms with Crippen LogP contribution in [0.1, 0.15) is 18.4 Å².